The number of para-hydroxylation sites is 2. The molecule has 5 aromatic rings. The number of rotatable bonds is 9. The summed E-state index contributed by atoms with van der Waals surface area (Å²) < 4.78 is 32.7. The molecule has 0 aliphatic heterocycles. The molecule has 0 aromatic heterocycles. The minimum Gasteiger partial charge on any atom is -0.315 e. The summed E-state index contributed by atoms with van der Waals surface area (Å²) in [5, 5.41) is 20.1. The van der Waals surface area contributed by atoms with E-state index in [1.165, 1.54) is 18.2 Å². The van der Waals surface area contributed by atoms with Crippen LogP contribution in [0.5, 0.6) is 0 Å². The topological polar surface area (TPSA) is 191 Å². The molecule has 47 heavy (non-hydrogen) atoms. The third-order valence-corrected chi connectivity index (χ3v) is 10.7. The third kappa shape index (κ3) is 9.38. The number of nitro groups is 1. The first kappa shape index (κ1) is 34.6. The minimum atomic E-state index is -4.69. The summed E-state index contributed by atoms with van der Waals surface area (Å²) in [4.78, 5) is 38.6. The molecule has 0 atom stereocenters. The normalized spacial score (nSPS) is 11.4. The molecule has 0 fully saturated rings. The molecule has 0 spiro atoms. The van der Waals surface area contributed by atoms with E-state index >= 15 is 0 Å². The molecule has 0 saturated carbocycles. The molecule has 0 bridgehead atoms. The molecule has 238 valence electrons. The largest absolute Gasteiger partial charge is 0.315 e. The van der Waals surface area contributed by atoms with Crippen LogP contribution in [0.15, 0.2) is 157 Å². The summed E-state index contributed by atoms with van der Waals surface area (Å²) in [6.07, 6.45) is 0. The fourth-order valence-corrected chi connectivity index (χ4v) is 8.55. The number of hydrogen-bond acceptors (Lipinski definition) is 8. The number of hydrogen-bond donors (Lipinski definition) is 3. The zero-order chi connectivity index (χ0) is 33.9. The van der Waals surface area contributed by atoms with Crippen molar-refractivity contribution in [2.45, 2.75) is 0 Å². The van der Waals surface area contributed by atoms with Crippen molar-refractivity contribution in [2.75, 3.05) is 5.32 Å². The van der Waals surface area contributed by atoms with E-state index in [0.717, 1.165) is 15.9 Å². The lowest BCUT2D eigenvalue weighted by molar-refractivity contribution is -1.92. The Bertz CT molecular complexity index is 1740. The summed E-state index contributed by atoms with van der Waals surface area (Å²) in [6, 6.07) is 44.0. The predicted octanol–water partition coefficient (Wildman–Crippen LogP) is 1.67. The molecule has 2 amide bonds. The number of halogens is 1. The molecule has 0 aliphatic rings. The van der Waals surface area contributed by atoms with Gasteiger partial charge in [-0.15, -0.1) is 0 Å². The molecular formula is C34H28ClN3O8P+. The van der Waals surface area contributed by atoms with E-state index in [9.17, 15) is 19.7 Å². The average Bonchev–Trinajstić information content (AvgIpc) is 3.07. The predicted molar refractivity (Wildman–Crippen MR) is 171 cm³/mol. The van der Waals surface area contributed by atoms with Gasteiger partial charge in [0.15, 0.2) is 0 Å². The lowest BCUT2D eigenvalue weighted by Gasteiger charge is -2.25. The highest BCUT2D eigenvalue weighted by atomic mass is 35.7. The zero-order valence-corrected chi connectivity index (χ0v) is 26.2. The molecule has 5 aromatic carbocycles. The number of nitrogens with one attached hydrogen (secondary N) is 2. The molecule has 0 aliphatic carbocycles. The molecule has 13 heteroatoms. The van der Waals surface area contributed by atoms with Crippen LogP contribution in [0.3, 0.4) is 0 Å². The van der Waals surface area contributed by atoms with Crippen molar-refractivity contribution in [3.8, 4) is 0 Å². The van der Waals surface area contributed by atoms with Gasteiger partial charge in [-0.2, -0.15) is 14.0 Å². The van der Waals surface area contributed by atoms with Gasteiger partial charge in [-0.3, -0.25) is 19.7 Å². The lowest BCUT2D eigenvalue weighted by Crippen LogP contribution is -2.58. The Labute approximate surface area is 272 Å². The maximum absolute atomic E-state index is 14.0. The third-order valence-electron chi connectivity index (χ3n) is 6.69. The van der Waals surface area contributed by atoms with Gasteiger partial charge in [0.05, 0.1) is 19.8 Å². The highest BCUT2D eigenvalue weighted by molar-refractivity contribution is 7.98. The molecule has 0 unspecified atom stereocenters. The van der Waals surface area contributed by atoms with Gasteiger partial charge in [-0.05, 0) is 54.6 Å². The second-order valence-corrected chi connectivity index (χ2v) is 13.8. The van der Waals surface area contributed by atoms with Crippen molar-refractivity contribution in [1.29, 1.82) is 0 Å². The smallest absolute Gasteiger partial charge is 0.292 e. The Balaban J connectivity index is 0.000000930. The first-order valence-corrected chi connectivity index (χ1v) is 16.9. The fourth-order valence-electron chi connectivity index (χ4n) is 4.71. The molecule has 3 N–H and O–H groups in total. The maximum atomic E-state index is 14.0. The van der Waals surface area contributed by atoms with Crippen LogP contribution in [0.25, 0.3) is 0 Å². The highest BCUT2D eigenvalue weighted by Crippen LogP contribution is 2.57. The quantitative estimate of drug-likeness (QED) is 0.0912. The zero-order valence-electron chi connectivity index (χ0n) is 24.5. The van der Waals surface area contributed by atoms with Crippen LogP contribution >= 0.6 is 7.26 Å². The van der Waals surface area contributed by atoms with E-state index in [1.54, 1.807) is 36.4 Å². The Hall–Kier alpha value is -5.26. The lowest BCUT2D eigenvalue weighted by atomic mass is 10.2. The van der Waals surface area contributed by atoms with Gasteiger partial charge in [0, 0.05) is 11.6 Å². The van der Waals surface area contributed by atoms with Crippen molar-refractivity contribution >= 4 is 46.4 Å². The average molecular weight is 673 g/mol. The maximum Gasteiger partial charge on any atom is 0.292 e. The summed E-state index contributed by atoms with van der Waals surface area (Å²) >= 11 is 0. The number of anilines is 1. The Morgan fingerprint density at radius 2 is 1.04 bits per heavy atom. The number of amides is 2. The monoisotopic (exact) mass is 672 g/mol. The van der Waals surface area contributed by atoms with Crippen molar-refractivity contribution in [3.63, 3.8) is 0 Å². The van der Waals surface area contributed by atoms with Crippen LogP contribution in [-0.2, 0) is 4.79 Å². The Kier molecular flexibility index (Phi) is 11.7. The van der Waals surface area contributed by atoms with E-state index in [-0.39, 0.29) is 17.1 Å². The number of carbonyl (C=O) groups excluding carboxylic acids is 2. The van der Waals surface area contributed by atoms with E-state index < -0.39 is 34.2 Å². The second-order valence-electron chi connectivity index (χ2n) is 9.72. The summed E-state index contributed by atoms with van der Waals surface area (Å²) in [7, 11) is -7.41. The fraction of sp³-hybridized carbons (Fsp3) is 0. The molecule has 11 nitrogen and oxygen atoms in total. The van der Waals surface area contributed by atoms with Crippen LogP contribution in [0.2, 0.25) is 0 Å². The summed E-state index contributed by atoms with van der Waals surface area (Å²) in [5.74, 6) is 0.672. The Morgan fingerprint density at radius 3 is 1.47 bits per heavy atom. The number of nitro benzene ring substituents is 1. The van der Waals surface area contributed by atoms with Crippen LogP contribution in [-0.4, -0.2) is 21.4 Å². The van der Waals surface area contributed by atoms with Gasteiger partial charge in [0.2, 0.25) is 0 Å². The van der Waals surface area contributed by atoms with Crippen LogP contribution in [0, 0.1) is 20.4 Å². The summed E-state index contributed by atoms with van der Waals surface area (Å²) in [5.41, 5.74) is 0.113. The first-order valence-electron chi connectivity index (χ1n) is 13.8. The van der Waals surface area contributed by atoms with Crippen molar-refractivity contribution in [3.05, 3.63) is 173 Å². The van der Waals surface area contributed by atoms with E-state index in [0.29, 0.717) is 5.56 Å². The van der Waals surface area contributed by atoms with E-state index in [1.807, 2.05) is 96.8 Å². The van der Waals surface area contributed by atoms with Crippen LogP contribution in [0.4, 0.5) is 11.4 Å². The van der Waals surface area contributed by atoms with E-state index in [4.69, 9.17) is 18.6 Å². The van der Waals surface area contributed by atoms with Gasteiger partial charge in [0.1, 0.15) is 40.4 Å². The highest BCUT2D eigenvalue weighted by Gasteiger charge is 2.45. The number of nitrogens with zero attached hydrogens (tertiary/aromatic N) is 1. The number of benzene rings is 5. The second kappa shape index (κ2) is 15.8. The van der Waals surface area contributed by atoms with Gasteiger partial charge in [-0.25, -0.2) is 0 Å². The molecular weight excluding hydrogens is 645 g/mol. The first-order chi connectivity index (χ1) is 22.5. The van der Waals surface area contributed by atoms with Crippen molar-refractivity contribution < 1.29 is 43.4 Å². The SMILES string of the molecule is O=C(Nc1ccccc1[N+](=O)[O-])C(=C[P+](c1ccccc1)(c1ccccc1)c1ccccc1)NC(=O)c1ccccc1.[O-][Cl+3]([O-])([O-])O. The van der Waals surface area contributed by atoms with Gasteiger partial charge in [0.25, 0.3) is 17.5 Å². The van der Waals surface area contributed by atoms with Crippen molar-refractivity contribution in [2.24, 2.45) is 0 Å². The molecule has 0 saturated heterocycles. The van der Waals surface area contributed by atoms with Gasteiger partial charge in [-0.1, -0.05) is 84.9 Å². The van der Waals surface area contributed by atoms with Gasteiger partial charge < -0.3 is 10.6 Å². The standard InChI is InChI=1S/C34H26N3O4P.ClHO4/c38-33(26-15-5-1-6-16-26)36-31(34(39)35-30-23-13-14-24-32(30)37(40)41)25-42(27-17-7-2-8-18-27,28-19-9-3-10-20-28)29-21-11-4-12-22-29;2-1(3,4)5/h1-25H,(H-,35,36,38,39);(H,2,3,4,5)/p+1. The number of carbonyl (C=O) groups is 2. The summed E-state index contributed by atoms with van der Waals surface area (Å²) in [6.45, 7) is 0. The van der Waals surface area contributed by atoms with Gasteiger partial charge >= 0.3 is 0 Å². The molecule has 0 radical (unpaired) electrons. The van der Waals surface area contributed by atoms with E-state index in [2.05, 4.69) is 10.6 Å². The molecule has 0 heterocycles. The van der Waals surface area contributed by atoms with Crippen molar-refractivity contribution in [1.82, 2.24) is 5.32 Å². The minimum absolute atomic E-state index is 0.0214. The Morgan fingerprint density at radius 1 is 0.660 bits per heavy atom. The van der Waals surface area contributed by atoms with Crippen LogP contribution in [0.1, 0.15) is 10.4 Å². The molecule has 5 rings (SSSR count). The van der Waals surface area contributed by atoms with Crippen LogP contribution < -0.4 is 40.5 Å².